The highest BCUT2D eigenvalue weighted by atomic mass is 16.5. The molecule has 2 atom stereocenters. The Morgan fingerprint density at radius 3 is 2.76 bits per heavy atom. The monoisotopic (exact) mass is 233 g/mol. The molecule has 1 saturated heterocycles. The number of hydrogen-bond donors (Lipinski definition) is 1. The number of amides is 1. The SMILES string of the molecule is CCOC(=O)C1CNC(=O)C1c1ccccc1. The van der Waals surface area contributed by atoms with E-state index in [2.05, 4.69) is 5.32 Å². The van der Waals surface area contributed by atoms with Gasteiger partial charge >= 0.3 is 5.97 Å². The van der Waals surface area contributed by atoms with Gasteiger partial charge in [0.1, 0.15) is 0 Å². The molecule has 1 N–H and O–H groups in total. The Balaban J connectivity index is 2.23. The summed E-state index contributed by atoms with van der Waals surface area (Å²) in [6.45, 7) is 2.46. The predicted octanol–water partition coefficient (Wildman–Crippen LogP) is 1.08. The number of carbonyl (C=O) groups excluding carboxylic acids is 2. The van der Waals surface area contributed by atoms with E-state index < -0.39 is 11.8 Å². The smallest absolute Gasteiger partial charge is 0.311 e. The van der Waals surface area contributed by atoms with E-state index in [0.717, 1.165) is 5.56 Å². The minimum atomic E-state index is -0.421. The fourth-order valence-corrected chi connectivity index (χ4v) is 2.13. The molecule has 0 saturated carbocycles. The van der Waals surface area contributed by atoms with Crippen molar-refractivity contribution in [2.45, 2.75) is 12.8 Å². The molecule has 1 heterocycles. The second-order valence-corrected chi connectivity index (χ2v) is 3.99. The van der Waals surface area contributed by atoms with Crippen LogP contribution in [0.3, 0.4) is 0 Å². The summed E-state index contributed by atoms with van der Waals surface area (Å²) in [6.07, 6.45) is 0. The van der Waals surface area contributed by atoms with E-state index in [0.29, 0.717) is 13.2 Å². The van der Waals surface area contributed by atoms with Crippen LogP contribution in [0.1, 0.15) is 18.4 Å². The van der Waals surface area contributed by atoms with Crippen LogP contribution >= 0.6 is 0 Å². The van der Waals surface area contributed by atoms with Crippen molar-refractivity contribution in [3.8, 4) is 0 Å². The summed E-state index contributed by atoms with van der Waals surface area (Å²) in [5.74, 6) is -1.24. The first kappa shape index (κ1) is 11.6. The third-order valence-corrected chi connectivity index (χ3v) is 2.93. The van der Waals surface area contributed by atoms with E-state index in [1.54, 1.807) is 6.92 Å². The maximum absolute atomic E-state index is 11.8. The van der Waals surface area contributed by atoms with Crippen LogP contribution in [-0.2, 0) is 14.3 Å². The van der Waals surface area contributed by atoms with Gasteiger partial charge in [0.15, 0.2) is 0 Å². The number of hydrogen-bond acceptors (Lipinski definition) is 3. The molecule has 0 bridgehead atoms. The lowest BCUT2D eigenvalue weighted by Gasteiger charge is -2.15. The third-order valence-electron chi connectivity index (χ3n) is 2.93. The molecule has 1 amide bonds. The van der Waals surface area contributed by atoms with Crippen molar-refractivity contribution in [3.05, 3.63) is 35.9 Å². The summed E-state index contributed by atoms with van der Waals surface area (Å²) in [5.41, 5.74) is 0.862. The molecule has 0 aromatic heterocycles. The van der Waals surface area contributed by atoms with Gasteiger partial charge < -0.3 is 10.1 Å². The highest BCUT2D eigenvalue weighted by Crippen LogP contribution is 2.29. The van der Waals surface area contributed by atoms with E-state index in [1.165, 1.54) is 0 Å². The first-order valence-corrected chi connectivity index (χ1v) is 5.73. The van der Waals surface area contributed by atoms with Crippen molar-refractivity contribution in [2.75, 3.05) is 13.2 Å². The molecule has 17 heavy (non-hydrogen) atoms. The van der Waals surface area contributed by atoms with Crippen molar-refractivity contribution in [2.24, 2.45) is 5.92 Å². The van der Waals surface area contributed by atoms with Crippen LogP contribution in [0.25, 0.3) is 0 Å². The fourth-order valence-electron chi connectivity index (χ4n) is 2.13. The lowest BCUT2D eigenvalue weighted by Crippen LogP contribution is -2.24. The maximum Gasteiger partial charge on any atom is 0.311 e. The zero-order valence-electron chi connectivity index (χ0n) is 9.68. The Labute approximate surface area is 100.0 Å². The second-order valence-electron chi connectivity index (χ2n) is 3.99. The molecule has 1 aromatic rings. The minimum Gasteiger partial charge on any atom is -0.466 e. The van der Waals surface area contributed by atoms with E-state index in [9.17, 15) is 9.59 Å². The maximum atomic E-state index is 11.8. The van der Waals surface area contributed by atoms with Crippen LogP contribution < -0.4 is 5.32 Å². The summed E-state index contributed by atoms with van der Waals surface area (Å²) in [6, 6.07) is 9.34. The molecule has 1 aliphatic heterocycles. The predicted molar refractivity (Wildman–Crippen MR) is 62.3 cm³/mol. The lowest BCUT2D eigenvalue weighted by atomic mass is 9.88. The van der Waals surface area contributed by atoms with Gasteiger partial charge in [0.05, 0.1) is 18.4 Å². The Kier molecular flexibility index (Phi) is 3.42. The topological polar surface area (TPSA) is 55.4 Å². The van der Waals surface area contributed by atoms with Gasteiger partial charge in [-0.3, -0.25) is 9.59 Å². The Morgan fingerprint density at radius 2 is 2.12 bits per heavy atom. The zero-order valence-corrected chi connectivity index (χ0v) is 9.68. The van der Waals surface area contributed by atoms with Gasteiger partial charge in [0.2, 0.25) is 5.91 Å². The Bertz CT molecular complexity index is 416. The minimum absolute atomic E-state index is 0.103. The first-order chi connectivity index (χ1) is 8.24. The summed E-state index contributed by atoms with van der Waals surface area (Å²) in [5, 5.41) is 2.72. The lowest BCUT2D eigenvalue weighted by molar-refractivity contribution is -0.148. The van der Waals surface area contributed by atoms with E-state index >= 15 is 0 Å². The highest BCUT2D eigenvalue weighted by molar-refractivity contribution is 5.93. The molecule has 90 valence electrons. The van der Waals surface area contributed by atoms with Gasteiger partial charge in [-0.05, 0) is 12.5 Å². The van der Waals surface area contributed by atoms with Crippen LogP contribution in [0.15, 0.2) is 30.3 Å². The van der Waals surface area contributed by atoms with Gasteiger partial charge in [-0.15, -0.1) is 0 Å². The van der Waals surface area contributed by atoms with Gasteiger partial charge in [-0.1, -0.05) is 30.3 Å². The van der Waals surface area contributed by atoms with Crippen molar-refractivity contribution in [1.82, 2.24) is 5.32 Å². The average Bonchev–Trinajstić information content (AvgIpc) is 2.73. The summed E-state index contributed by atoms with van der Waals surface area (Å²) >= 11 is 0. The van der Waals surface area contributed by atoms with Crippen molar-refractivity contribution >= 4 is 11.9 Å². The van der Waals surface area contributed by atoms with E-state index in [4.69, 9.17) is 4.74 Å². The number of nitrogens with one attached hydrogen (secondary N) is 1. The summed E-state index contributed by atoms with van der Waals surface area (Å²) in [4.78, 5) is 23.5. The number of esters is 1. The number of benzene rings is 1. The van der Waals surface area contributed by atoms with Crippen LogP contribution in [0.4, 0.5) is 0 Å². The van der Waals surface area contributed by atoms with Crippen molar-refractivity contribution in [3.63, 3.8) is 0 Å². The molecule has 1 aliphatic rings. The first-order valence-electron chi connectivity index (χ1n) is 5.73. The normalized spacial score (nSPS) is 23.2. The van der Waals surface area contributed by atoms with Crippen LogP contribution in [-0.4, -0.2) is 25.0 Å². The molecular formula is C13H15NO3. The Hall–Kier alpha value is -1.84. The molecule has 2 unspecified atom stereocenters. The standard InChI is InChI=1S/C13H15NO3/c1-2-17-13(16)10-8-14-12(15)11(10)9-6-4-3-5-7-9/h3-7,10-11H,2,8H2,1H3,(H,14,15). The summed E-state index contributed by atoms with van der Waals surface area (Å²) < 4.78 is 4.99. The van der Waals surface area contributed by atoms with E-state index in [1.807, 2.05) is 30.3 Å². The van der Waals surface area contributed by atoms with Gasteiger partial charge in [-0.2, -0.15) is 0 Å². The summed E-state index contributed by atoms with van der Waals surface area (Å²) in [7, 11) is 0. The molecule has 1 fully saturated rings. The molecule has 0 spiro atoms. The molecule has 0 radical (unpaired) electrons. The van der Waals surface area contributed by atoms with Gasteiger partial charge in [0, 0.05) is 6.54 Å². The molecule has 4 heteroatoms. The van der Waals surface area contributed by atoms with Gasteiger partial charge in [0.25, 0.3) is 0 Å². The molecule has 2 rings (SSSR count). The molecule has 1 aromatic carbocycles. The van der Waals surface area contributed by atoms with Crippen molar-refractivity contribution in [1.29, 1.82) is 0 Å². The second kappa shape index (κ2) is 4.99. The highest BCUT2D eigenvalue weighted by Gasteiger charge is 2.41. The Morgan fingerprint density at radius 1 is 1.41 bits per heavy atom. The quantitative estimate of drug-likeness (QED) is 0.795. The van der Waals surface area contributed by atoms with Crippen LogP contribution in [0.2, 0.25) is 0 Å². The molecular weight excluding hydrogens is 218 g/mol. The number of carbonyl (C=O) groups is 2. The van der Waals surface area contributed by atoms with Crippen LogP contribution in [0, 0.1) is 5.92 Å². The zero-order chi connectivity index (χ0) is 12.3. The largest absolute Gasteiger partial charge is 0.466 e. The molecule has 4 nitrogen and oxygen atoms in total. The van der Waals surface area contributed by atoms with E-state index in [-0.39, 0.29) is 11.9 Å². The fraction of sp³-hybridized carbons (Fsp3) is 0.385. The number of ether oxygens (including phenoxy) is 1. The van der Waals surface area contributed by atoms with Crippen LogP contribution in [0.5, 0.6) is 0 Å². The average molecular weight is 233 g/mol. The number of rotatable bonds is 3. The van der Waals surface area contributed by atoms with Crippen molar-refractivity contribution < 1.29 is 14.3 Å². The third kappa shape index (κ3) is 2.30. The molecule has 0 aliphatic carbocycles. The van der Waals surface area contributed by atoms with Gasteiger partial charge in [-0.25, -0.2) is 0 Å².